The molecule has 4 nitrogen and oxygen atoms in total. The second-order valence-electron chi connectivity index (χ2n) is 5.10. The summed E-state index contributed by atoms with van der Waals surface area (Å²) in [6.07, 6.45) is 2.19. The van der Waals surface area contributed by atoms with E-state index in [1.54, 1.807) is 7.11 Å². The molecule has 0 spiro atoms. The van der Waals surface area contributed by atoms with E-state index in [9.17, 15) is 4.79 Å². The molecule has 20 heavy (non-hydrogen) atoms. The first-order chi connectivity index (χ1) is 9.65. The molecule has 1 saturated heterocycles. The Balaban J connectivity index is 2.36. The second kappa shape index (κ2) is 7.07. The van der Waals surface area contributed by atoms with Gasteiger partial charge in [0.05, 0.1) is 12.6 Å². The lowest BCUT2D eigenvalue weighted by Gasteiger charge is -2.34. The van der Waals surface area contributed by atoms with Crippen molar-refractivity contribution in [3.05, 3.63) is 34.9 Å². The number of hydrogen-bond acceptors (Lipinski definition) is 3. The summed E-state index contributed by atoms with van der Waals surface area (Å²) in [6.45, 7) is 1.04. The summed E-state index contributed by atoms with van der Waals surface area (Å²) in [5.41, 5.74) is 7.23. The van der Waals surface area contributed by atoms with Crippen LogP contribution >= 0.6 is 11.6 Å². The van der Waals surface area contributed by atoms with Gasteiger partial charge in [-0.05, 0) is 24.5 Å². The van der Waals surface area contributed by atoms with Gasteiger partial charge in [0.15, 0.2) is 0 Å². The molecule has 0 aromatic heterocycles. The predicted octanol–water partition coefficient (Wildman–Crippen LogP) is 2.37. The number of nitrogens with two attached hydrogens (primary N) is 1. The highest BCUT2D eigenvalue weighted by Crippen LogP contribution is 2.33. The summed E-state index contributed by atoms with van der Waals surface area (Å²) in [7, 11) is 1.63. The summed E-state index contributed by atoms with van der Waals surface area (Å²) in [5.74, 6) is 0.125. The van der Waals surface area contributed by atoms with Crippen LogP contribution in [0.2, 0.25) is 5.02 Å². The van der Waals surface area contributed by atoms with Gasteiger partial charge in [-0.2, -0.15) is 0 Å². The summed E-state index contributed by atoms with van der Waals surface area (Å²) >= 11 is 6.30. The molecule has 110 valence electrons. The van der Waals surface area contributed by atoms with E-state index in [-0.39, 0.29) is 18.0 Å². The minimum Gasteiger partial charge on any atom is -0.383 e. The zero-order valence-electron chi connectivity index (χ0n) is 11.7. The minimum absolute atomic E-state index is 0.0989. The Kier molecular flexibility index (Phi) is 5.40. The van der Waals surface area contributed by atoms with E-state index < -0.39 is 0 Å². The summed E-state index contributed by atoms with van der Waals surface area (Å²) in [6, 6.07) is 7.33. The summed E-state index contributed by atoms with van der Waals surface area (Å²) in [4.78, 5) is 14.2. The zero-order valence-corrected chi connectivity index (χ0v) is 12.5. The van der Waals surface area contributed by atoms with Gasteiger partial charge in [0.2, 0.25) is 5.91 Å². The molecule has 2 unspecified atom stereocenters. The summed E-state index contributed by atoms with van der Waals surface area (Å²) < 4.78 is 5.12. The Morgan fingerprint density at radius 1 is 1.45 bits per heavy atom. The highest BCUT2D eigenvalue weighted by Gasteiger charge is 2.33. The molecule has 1 aliphatic rings. The minimum atomic E-state index is -0.172. The third kappa shape index (κ3) is 3.32. The quantitative estimate of drug-likeness (QED) is 0.928. The lowest BCUT2D eigenvalue weighted by Crippen LogP contribution is -2.43. The molecular formula is C15H21ClN2O2. The number of nitrogens with zero attached hydrogens (tertiary/aromatic N) is 1. The Hall–Kier alpha value is -1.10. The molecule has 0 radical (unpaired) electrons. The van der Waals surface area contributed by atoms with Crippen molar-refractivity contribution in [1.82, 2.24) is 4.90 Å². The van der Waals surface area contributed by atoms with Crippen LogP contribution in [0.15, 0.2) is 24.3 Å². The summed E-state index contributed by atoms with van der Waals surface area (Å²) in [5, 5.41) is 0.657. The maximum Gasteiger partial charge on any atom is 0.223 e. The number of benzene rings is 1. The Labute approximate surface area is 124 Å². The van der Waals surface area contributed by atoms with Crippen molar-refractivity contribution < 1.29 is 9.53 Å². The van der Waals surface area contributed by atoms with Crippen LogP contribution in [-0.4, -0.2) is 37.1 Å². The number of carbonyl (C=O) groups excluding carboxylic acids is 1. The van der Waals surface area contributed by atoms with Crippen molar-refractivity contribution in [1.29, 1.82) is 0 Å². The largest absolute Gasteiger partial charge is 0.383 e. The maximum atomic E-state index is 12.3. The lowest BCUT2D eigenvalue weighted by atomic mass is 9.96. The first-order valence-corrected chi connectivity index (χ1v) is 7.31. The molecule has 5 heteroatoms. The number of ether oxygens (including phenoxy) is 1. The van der Waals surface area contributed by atoms with Crippen LogP contribution in [0.25, 0.3) is 0 Å². The number of rotatable bonds is 4. The second-order valence-corrected chi connectivity index (χ2v) is 5.51. The van der Waals surface area contributed by atoms with E-state index >= 15 is 0 Å². The molecule has 0 saturated carbocycles. The van der Waals surface area contributed by atoms with E-state index in [0.717, 1.165) is 18.4 Å². The highest BCUT2D eigenvalue weighted by atomic mass is 35.5. The van der Waals surface area contributed by atoms with Crippen LogP contribution in [-0.2, 0) is 9.53 Å². The van der Waals surface area contributed by atoms with Crippen LogP contribution in [0, 0.1) is 0 Å². The molecular weight excluding hydrogens is 276 g/mol. The maximum absolute atomic E-state index is 12.3. The number of likely N-dealkylation sites (tertiary alicyclic amines) is 1. The van der Waals surface area contributed by atoms with Gasteiger partial charge in [-0.25, -0.2) is 0 Å². The molecule has 2 rings (SSSR count). The topological polar surface area (TPSA) is 55.6 Å². The molecule has 0 bridgehead atoms. The molecule has 1 aromatic rings. The SMILES string of the molecule is COCCN1C(=O)CCCC(N)C1c1ccccc1Cl. The molecule has 1 amide bonds. The third-order valence-corrected chi connectivity index (χ3v) is 4.09. The number of hydrogen-bond donors (Lipinski definition) is 1. The molecule has 2 N–H and O–H groups in total. The van der Waals surface area contributed by atoms with Crippen LogP contribution in [0.4, 0.5) is 0 Å². The molecule has 1 aromatic carbocycles. The Bertz CT molecular complexity index is 467. The number of amides is 1. The number of halogens is 1. The van der Waals surface area contributed by atoms with Gasteiger partial charge in [-0.1, -0.05) is 29.8 Å². The monoisotopic (exact) mass is 296 g/mol. The molecule has 1 fully saturated rings. The lowest BCUT2D eigenvalue weighted by molar-refractivity contribution is -0.134. The highest BCUT2D eigenvalue weighted by molar-refractivity contribution is 6.31. The van der Waals surface area contributed by atoms with Gasteiger partial charge in [0.25, 0.3) is 0 Å². The first kappa shape index (κ1) is 15.3. The van der Waals surface area contributed by atoms with Crippen LogP contribution in [0.1, 0.15) is 30.9 Å². The number of carbonyl (C=O) groups is 1. The third-order valence-electron chi connectivity index (χ3n) is 3.75. The van der Waals surface area contributed by atoms with Gasteiger partial charge in [-0.15, -0.1) is 0 Å². The molecule has 1 aliphatic heterocycles. The van der Waals surface area contributed by atoms with Crippen LogP contribution in [0.5, 0.6) is 0 Å². The normalized spacial score (nSPS) is 23.8. The van der Waals surface area contributed by atoms with Gasteiger partial charge in [-0.3, -0.25) is 4.79 Å². The van der Waals surface area contributed by atoms with Crippen molar-refractivity contribution in [3.63, 3.8) is 0 Å². The van der Waals surface area contributed by atoms with Gasteiger partial charge in [0, 0.05) is 31.1 Å². The molecule has 0 aliphatic carbocycles. The van der Waals surface area contributed by atoms with E-state index in [2.05, 4.69) is 0 Å². The van der Waals surface area contributed by atoms with Crippen molar-refractivity contribution in [2.75, 3.05) is 20.3 Å². The number of methoxy groups -OCH3 is 1. The van der Waals surface area contributed by atoms with Gasteiger partial charge >= 0.3 is 0 Å². The Morgan fingerprint density at radius 2 is 2.20 bits per heavy atom. The van der Waals surface area contributed by atoms with Crippen molar-refractivity contribution in [2.45, 2.75) is 31.3 Å². The smallest absolute Gasteiger partial charge is 0.223 e. The van der Waals surface area contributed by atoms with Gasteiger partial charge < -0.3 is 15.4 Å². The fourth-order valence-electron chi connectivity index (χ4n) is 2.74. The van der Waals surface area contributed by atoms with Crippen molar-refractivity contribution >= 4 is 17.5 Å². The van der Waals surface area contributed by atoms with E-state index in [4.69, 9.17) is 22.1 Å². The van der Waals surface area contributed by atoms with E-state index in [1.807, 2.05) is 29.2 Å². The predicted molar refractivity (Wildman–Crippen MR) is 79.6 cm³/mol. The van der Waals surface area contributed by atoms with Crippen molar-refractivity contribution in [2.24, 2.45) is 5.73 Å². The fraction of sp³-hybridized carbons (Fsp3) is 0.533. The standard InChI is InChI=1S/C15H21ClN2O2/c1-20-10-9-18-14(19)8-4-7-13(17)15(18)11-5-2-3-6-12(11)16/h2-3,5-6,13,15H,4,7-10,17H2,1H3. The molecule has 1 heterocycles. The fourth-order valence-corrected chi connectivity index (χ4v) is 2.99. The zero-order chi connectivity index (χ0) is 14.5. The molecule has 2 atom stereocenters. The average molecular weight is 297 g/mol. The van der Waals surface area contributed by atoms with Crippen LogP contribution in [0.3, 0.4) is 0 Å². The first-order valence-electron chi connectivity index (χ1n) is 6.93. The Morgan fingerprint density at radius 3 is 2.90 bits per heavy atom. The van der Waals surface area contributed by atoms with Crippen molar-refractivity contribution in [3.8, 4) is 0 Å². The van der Waals surface area contributed by atoms with E-state index in [1.165, 1.54) is 0 Å². The van der Waals surface area contributed by atoms with E-state index in [0.29, 0.717) is 24.6 Å². The average Bonchev–Trinajstić information content (AvgIpc) is 2.57. The van der Waals surface area contributed by atoms with Gasteiger partial charge in [0.1, 0.15) is 0 Å². The van der Waals surface area contributed by atoms with Crippen LogP contribution < -0.4 is 5.73 Å².